The Labute approximate surface area is 158 Å². The lowest BCUT2D eigenvalue weighted by Crippen LogP contribution is -2.09. The van der Waals surface area contributed by atoms with Gasteiger partial charge in [-0.15, -0.1) is 0 Å². The first kappa shape index (κ1) is 17.9. The molecule has 142 valence electrons. The van der Waals surface area contributed by atoms with Crippen LogP contribution in [0, 0.1) is 12.7 Å². The first-order valence-electron chi connectivity index (χ1n) is 8.46. The number of hydrogen-bond acceptors (Lipinski definition) is 5. The lowest BCUT2D eigenvalue weighted by molar-refractivity contribution is 0.123. The molecule has 0 aliphatic heterocycles. The number of alkyl halides is 2. The highest BCUT2D eigenvalue weighted by atomic mass is 19.3. The zero-order valence-electron chi connectivity index (χ0n) is 14.8. The van der Waals surface area contributed by atoms with Crippen LogP contribution in [-0.2, 0) is 6.54 Å². The number of hydrogen-bond donors (Lipinski definition) is 1. The maximum absolute atomic E-state index is 14.1. The molecule has 0 bridgehead atoms. The van der Waals surface area contributed by atoms with Crippen molar-refractivity contribution in [3.05, 3.63) is 60.4 Å². The van der Waals surface area contributed by atoms with Crippen LogP contribution in [0.15, 0.2) is 48.9 Å². The number of nitrogens with zero attached hydrogens (tertiary/aromatic N) is 5. The van der Waals surface area contributed by atoms with Gasteiger partial charge < -0.3 is 5.32 Å². The number of rotatable bonds is 5. The monoisotopic (exact) mass is 384 g/mol. The number of halogens is 3. The Balaban J connectivity index is 1.72. The predicted octanol–water partition coefficient (Wildman–Crippen LogP) is 4.34. The molecule has 28 heavy (non-hydrogen) atoms. The molecule has 1 N–H and O–H groups in total. The van der Waals surface area contributed by atoms with Gasteiger partial charge in [-0.05, 0) is 37.3 Å². The van der Waals surface area contributed by atoms with Gasteiger partial charge >= 0.3 is 0 Å². The normalized spacial score (nSPS) is 11.3. The molecule has 0 aromatic carbocycles. The Hall–Kier alpha value is -3.49. The second-order valence-corrected chi connectivity index (χ2v) is 6.15. The van der Waals surface area contributed by atoms with E-state index < -0.39 is 18.8 Å². The largest absolute Gasteiger partial charge is 0.354 e. The van der Waals surface area contributed by atoms with Crippen molar-refractivity contribution < 1.29 is 13.2 Å². The molecule has 0 radical (unpaired) electrons. The van der Waals surface area contributed by atoms with Crippen LogP contribution >= 0.6 is 0 Å². The first-order chi connectivity index (χ1) is 13.5. The third-order valence-corrected chi connectivity index (χ3v) is 4.11. The van der Waals surface area contributed by atoms with Crippen LogP contribution in [0.4, 0.5) is 24.5 Å². The lowest BCUT2D eigenvalue weighted by atomic mass is 10.2. The standard InChI is InChI=1S/C19H15F3N6/c1-11-2-3-13(20)18(26-11)15-8-12(4-6-23-15)27-14-5-7-24-16-9-25-28(19(14)16)10-17(21)22/h2-9,17H,10H2,1H3,(H,23,24,27). The fourth-order valence-electron chi connectivity index (χ4n) is 2.90. The Morgan fingerprint density at radius 1 is 1.11 bits per heavy atom. The maximum atomic E-state index is 14.1. The molecule has 9 heteroatoms. The smallest absolute Gasteiger partial charge is 0.257 e. The average Bonchev–Trinajstić information content (AvgIpc) is 3.07. The van der Waals surface area contributed by atoms with E-state index in [1.165, 1.54) is 23.1 Å². The number of anilines is 2. The van der Waals surface area contributed by atoms with Crippen molar-refractivity contribution >= 4 is 22.4 Å². The second-order valence-electron chi connectivity index (χ2n) is 6.15. The van der Waals surface area contributed by atoms with Gasteiger partial charge in [-0.3, -0.25) is 14.6 Å². The van der Waals surface area contributed by atoms with Crippen LogP contribution in [0.3, 0.4) is 0 Å². The van der Waals surface area contributed by atoms with Crippen molar-refractivity contribution in [1.82, 2.24) is 24.7 Å². The Morgan fingerprint density at radius 3 is 2.75 bits per heavy atom. The van der Waals surface area contributed by atoms with Gasteiger partial charge in [0.15, 0.2) is 5.82 Å². The van der Waals surface area contributed by atoms with Crippen LogP contribution in [0.2, 0.25) is 0 Å². The van der Waals surface area contributed by atoms with Gasteiger partial charge in [0, 0.05) is 23.8 Å². The minimum absolute atomic E-state index is 0.145. The average molecular weight is 384 g/mol. The van der Waals surface area contributed by atoms with Crippen molar-refractivity contribution in [2.45, 2.75) is 19.9 Å². The topological polar surface area (TPSA) is 68.5 Å². The molecule has 0 spiro atoms. The molecule has 4 heterocycles. The third kappa shape index (κ3) is 3.51. The quantitative estimate of drug-likeness (QED) is 0.554. The van der Waals surface area contributed by atoms with Crippen LogP contribution in [0.1, 0.15) is 5.69 Å². The van der Waals surface area contributed by atoms with Gasteiger partial charge in [0.25, 0.3) is 6.43 Å². The third-order valence-electron chi connectivity index (χ3n) is 4.11. The zero-order valence-corrected chi connectivity index (χ0v) is 14.8. The van der Waals surface area contributed by atoms with Crippen molar-refractivity contribution in [1.29, 1.82) is 0 Å². The summed E-state index contributed by atoms with van der Waals surface area (Å²) in [6.07, 6.45) is 1.98. The Kier molecular flexibility index (Phi) is 4.64. The molecular formula is C19H15F3N6. The van der Waals surface area contributed by atoms with E-state index in [9.17, 15) is 13.2 Å². The molecule has 4 rings (SSSR count). The highest BCUT2D eigenvalue weighted by Gasteiger charge is 2.14. The summed E-state index contributed by atoms with van der Waals surface area (Å²) in [4.78, 5) is 12.6. The SMILES string of the molecule is Cc1ccc(F)c(-c2cc(Nc3ccnc4cnn(CC(F)F)c34)ccn2)n1. The van der Waals surface area contributed by atoms with E-state index in [0.29, 0.717) is 33.8 Å². The van der Waals surface area contributed by atoms with Crippen molar-refractivity contribution in [3.8, 4) is 11.4 Å². The van der Waals surface area contributed by atoms with E-state index in [0.717, 1.165) is 0 Å². The summed E-state index contributed by atoms with van der Waals surface area (Å²) in [7, 11) is 0. The molecule has 4 aromatic heterocycles. The van der Waals surface area contributed by atoms with Crippen molar-refractivity contribution in [2.75, 3.05) is 5.32 Å². The molecule has 0 fully saturated rings. The molecule has 6 nitrogen and oxygen atoms in total. The Bertz CT molecular complexity index is 1140. The fraction of sp³-hybridized carbons (Fsp3) is 0.158. The minimum atomic E-state index is -2.54. The van der Waals surface area contributed by atoms with E-state index >= 15 is 0 Å². The molecule has 0 amide bonds. The van der Waals surface area contributed by atoms with E-state index in [-0.39, 0.29) is 5.69 Å². The number of aryl methyl sites for hydroxylation is 1. The van der Waals surface area contributed by atoms with Crippen LogP contribution in [-0.4, -0.2) is 31.2 Å². The molecule has 4 aromatic rings. The number of fused-ring (bicyclic) bond motifs is 1. The van der Waals surface area contributed by atoms with Gasteiger partial charge in [-0.25, -0.2) is 18.2 Å². The van der Waals surface area contributed by atoms with E-state index in [1.807, 2.05) is 0 Å². The summed E-state index contributed by atoms with van der Waals surface area (Å²) in [5, 5.41) is 7.14. The highest BCUT2D eigenvalue weighted by Crippen LogP contribution is 2.27. The van der Waals surface area contributed by atoms with Crippen LogP contribution < -0.4 is 5.32 Å². The fourth-order valence-corrected chi connectivity index (χ4v) is 2.90. The summed E-state index contributed by atoms with van der Waals surface area (Å²) >= 11 is 0. The van der Waals surface area contributed by atoms with E-state index in [4.69, 9.17) is 0 Å². The summed E-state index contributed by atoms with van der Waals surface area (Å²) in [6, 6.07) is 7.92. The molecular weight excluding hydrogens is 369 g/mol. The molecule has 0 atom stereocenters. The maximum Gasteiger partial charge on any atom is 0.257 e. The van der Waals surface area contributed by atoms with E-state index in [2.05, 4.69) is 25.4 Å². The summed E-state index contributed by atoms with van der Waals surface area (Å²) in [5.41, 5.74) is 3.28. The zero-order chi connectivity index (χ0) is 19.7. The van der Waals surface area contributed by atoms with Crippen LogP contribution in [0.25, 0.3) is 22.4 Å². The van der Waals surface area contributed by atoms with Crippen molar-refractivity contribution in [3.63, 3.8) is 0 Å². The Morgan fingerprint density at radius 2 is 1.93 bits per heavy atom. The summed E-state index contributed by atoms with van der Waals surface area (Å²) < 4.78 is 41.0. The van der Waals surface area contributed by atoms with Gasteiger partial charge in [0.05, 0.1) is 17.6 Å². The molecule has 0 aliphatic carbocycles. The second kappa shape index (κ2) is 7.26. The predicted molar refractivity (Wildman–Crippen MR) is 99.0 cm³/mol. The van der Waals surface area contributed by atoms with Gasteiger partial charge in [-0.1, -0.05) is 0 Å². The first-order valence-corrected chi connectivity index (χ1v) is 8.46. The lowest BCUT2D eigenvalue weighted by Gasteiger charge is -2.11. The summed E-state index contributed by atoms with van der Waals surface area (Å²) in [6.45, 7) is 1.23. The van der Waals surface area contributed by atoms with Gasteiger partial charge in [0.1, 0.15) is 23.3 Å². The highest BCUT2D eigenvalue weighted by molar-refractivity contribution is 5.89. The van der Waals surface area contributed by atoms with E-state index in [1.54, 1.807) is 37.4 Å². The van der Waals surface area contributed by atoms with Gasteiger partial charge in [0.2, 0.25) is 0 Å². The number of pyridine rings is 3. The molecule has 0 unspecified atom stereocenters. The van der Waals surface area contributed by atoms with Gasteiger partial charge in [-0.2, -0.15) is 5.10 Å². The molecule has 0 saturated heterocycles. The summed E-state index contributed by atoms with van der Waals surface area (Å²) in [5.74, 6) is -0.475. The molecule has 0 aliphatic rings. The minimum Gasteiger partial charge on any atom is -0.354 e. The van der Waals surface area contributed by atoms with Crippen LogP contribution in [0.5, 0.6) is 0 Å². The molecule has 0 saturated carbocycles. The number of nitrogens with one attached hydrogen (secondary N) is 1. The number of aromatic nitrogens is 5. The van der Waals surface area contributed by atoms with Crippen molar-refractivity contribution in [2.24, 2.45) is 0 Å².